The van der Waals surface area contributed by atoms with E-state index < -0.39 is 18.0 Å². The van der Waals surface area contributed by atoms with E-state index in [2.05, 4.69) is 10.6 Å². The summed E-state index contributed by atoms with van der Waals surface area (Å²) in [6, 6.07) is 4.98. The molecule has 1 unspecified atom stereocenters. The van der Waals surface area contributed by atoms with Crippen molar-refractivity contribution in [3.8, 4) is 0 Å². The van der Waals surface area contributed by atoms with Crippen LogP contribution in [0.3, 0.4) is 0 Å². The lowest BCUT2D eigenvalue weighted by Crippen LogP contribution is -2.56. The number of nitrogens with one attached hydrogen (secondary N) is 2. The molecule has 1 fully saturated rings. The van der Waals surface area contributed by atoms with E-state index in [4.69, 9.17) is 5.11 Å². The van der Waals surface area contributed by atoms with Crippen molar-refractivity contribution in [3.63, 3.8) is 0 Å². The zero-order valence-corrected chi connectivity index (χ0v) is 10.9. The first-order valence-electron chi connectivity index (χ1n) is 6.17. The number of nitrogens with zero attached hydrogens (tertiary/aromatic N) is 1. The van der Waals surface area contributed by atoms with Crippen molar-refractivity contribution in [2.75, 3.05) is 18.4 Å². The fourth-order valence-electron chi connectivity index (χ4n) is 1.99. The number of aromatic carboxylic acids is 1. The molecular formula is C13H15N3O4. The number of carboxylic acid groups (broad SMARTS) is 1. The normalized spacial score (nSPS) is 18.4. The van der Waals surface area contributed by atoms with Crippen molar-refractivity contribution in [1.29, 1.82) is 0 Å². The zero-order valence-electron chi connectivity index (χ0n) is 10.9. The maximum absolute atomic E-state index is 12.1. The van der Waals surface area contributed by atoms with Crippen LogP contribution in [0.15, 0.2) is 24.3 Å². The topological polar surface area (TPSA) is 98.7 Å². The van der Waals surface area contributed by atoms with Crippen molar-refractivity contribution >= 4 is 23.6 Å². The Hall–Kier alpha value is -2.57. The molecule has 1 aromatic rings. The van der Waals surface area contributed by atoms with Gasteiger partial charge in [0.2, 0.25) is 5.91 Å². The van der Waals surface area contributed by atoms with E-state index in [0.717, 1.165) is 0 Å². The number of rotatable bonds is 2. The fraction of sp³-hybridized carbons (Fsp3) is 0.308. The number of benzene rings is 1. The van der Waals surface area contributed by atoms with E-state index in [-0.39, 0.29) is 11.5 Å². The second-order valence-electron chi connectivity index (χ2n) is 4.48. The summed E-state index contributed by atoms with van der Waals surface area (Å²) in [6.45, 7) is 2.46. The van der Waals surface area contributed by atoms with Crippen LogP contribution >= 0.6 is 0 Å². The molecule has 1 heterocycles. The second-order valence-corrected chi connectivity index (χ2v) is 4.48. The van der Waals surface area contributed by atoms with Crippen LogP contribution in [0.1, 0.15) is 17.3 Å². The first-order valence-corrected chi connectivity index (χ1v) is 6.17. The number of piperazine rings is 1. The van der Waals surface area contributed by atoms with Crippen LogP contribution in [-0.4, -0.2) is 47.0 Å². The van der Waals surface area contributed by atoms with E-state index in [1.165, 1.54) is 17.0 Å². The summed E-state index contributed by atoms with van der Waals surface area (Å²) in [5.41, 5.74) is 0.473. The number of amides is 3. The van der Waals surface area contributed by atoms with Crippen LogP contribution in [-0.2, 0) is 4.79 Å². The van der Waals surface area contributed by atoms with E-state index in [1.807, 2.05) is 0 Å². The Morgan fingerprint density at radius 1 is 1.45 bits per heavy atom. The predicted molar refractivity (Wildman–Crippen MR) is 71.6 cm³/mol. The highest BCUT2D eigenvalue weighted by molar-refractivity contribution is 5.96. The smallest absolute Gasteiger partial charge is 0.335 e. The summed E-state index contributed by atoms with van der Waals surface area (Å²) in [5, 5.41) is 14.2. The molecule has 106 valence electrons. The molecule has 7 nitrogen and oxygen atoms in total. The zero-order chi connectivity index (χ0) is 14.7. The van der Waals surface area contributed by atoms with Gasteiger partial charge in [0, 0.05) is 18.8 Å². The van der Waals surface area contributed by atoms with Gasteiger partial charge in [-0.2, -0.15) is 0 Å². The van der Waals surface area contributed by atoms with E-state index in [9.17, 15) is 14.4 Å². The Bertz CT molecular complexity index is 558. The summed E-state index contributed by atoms with van der Waals surface area (Å²) < 4.78 is 0. The minimum atomic E-state index is -1.06. The van der Waals surface area contributed by atoms with E-state index in [1.54, 1.807) is 19.1 Å². The van der Waals surface area contributed by atoms with Crippen molar-refractivity contribution in [2.24, 2.45) is 0 Å². The van der Waals surface area contributed by atoms with Crippen LogP contribution in [0.5, 0.6) is 0 Å². The molecule has 2 rings (SSSR count). The third-order valence-electron chi connectivity index (χ3n) is 3.12. The first-order chi connectivity index (χ1) is 9.49. The van der Waals surface area contributed by atoms with Gasteiger partial charge in [-0.05, 0) is 25.1 Å². The maximum Gasteiger partial charge on any atom is 0.335 e. The predicted octanol–water partition coefficient (Wildman–Crippen LogP) is 0.737. The average molecular weight is 277 g/mol. The monoisotopic (exact) mass is 277 g/mol. The number of carboxylic acids is 1. The van der Waals surface area contributed by atoms with E-state index >= 15 is 0 Å². The number of hydrogen-bond donors (Lipinski definition) is 3. The number of anilines is 1. The lowest BCUT2D eigenvalue weighted by atomic mass is 10.2. The highest BCUT2D eigenvalue weighted by Gasteiger charge is 2.29. The van der Waals surface area contributed by atoms with Crippen LogP contribution < -0.4 is 10.6 Å². The molecule has 0 saturated carbocycles. The molecule has 1 aliphatic rings. The van der Waals surface area contributed by atoms with Crippen molar-refractivity contribution in [3.05, 3.63) is 29.8 Å². The molecule has 20 heavy (non-hydrogen) atoms. The van der Waals surface area contributed by atoms with Crippen LogP contribution in [0.2, 0.25) is 0 Å². The van der Waals surface area contributed by atoms with Crippen LogP contribution in [0, 0.1) is 0 Å². The molecule has 1 atom stereocenters. The minimum Gasteiger partial charge on any atom is -0.478 e. The molecule has 1 aliphatic heterocycles. The quantitative estimate of drug-likeness (QED) is 0.742. The van der Waals surface area contributed by atoms with Gasteiger partial charge in [-0.15, -0.1) is 0 Å². The van der Waals surface area contributed by atoms with Gasteiger partial charge in [0.1, 0.15) is 6.04 Å². The van der Waals surface area contributed by atoms with Crippen molar-refractivity contribution in [2.45, 2.75) is 13.0 Å². The summed E-state index contributed by atoms with van der Waals surface area (Å²) in [6.07, 6.45) is 0. The van der Waals surface area contributed by atoms with Gasteiger partial charge >= 0.3 is 12.0 Å². The van der Waals surface area contributed by atoms with Crippen molar-refractivity contribution < 1.29 is 19.5 Å². The Morgan fingerprint density at radius 3 is 2.90 bits per heavy atom. The molecule has 3 N–H and O–H groups in total. The highest BCUT2D eigenvalue weighted by Crippen LogP contribution is 2.13. The highest BCUT2D eigenvalue weighted by atomic mass is 16.4. The standard InChI is InChI=1S/C13H15N3O4/c1-8-11(17)14-5-6-16(8)13(20)15-10-4-2-3-9(7-10)12(18)19/h2-4,7-8H,5-6H2,1H3,(H,14,17)(H,15,20)(H,18,19). The van der Waals surface area contributed by atoms with Gasteiger partial charge in [0.05, 0.1) is 5.56 Å². The Labute approximate surface area is 115 Å². The molecular weight excluding hydrogens is 262 g/mol. The average Bonchev–Trinajstić information content (AvgIpc) is 2.42. The molecule has 0 aromatic heterocycles. The van der Waals surface area contributed by atoms with Crippen LogP contribution in [0.4, 0.5) is 10.5 Å². The molecule has 0 aliphatic carbocycles. The van der Waals surface area contributed by atoms with Crippen molar-refractivity contribution in [1.82, 2.24) is 10.2 Å². The summed E-state index contributed by atoms with van der Waals surface area (Å²) >= 11 is 0. The number of hydrogen-bond acceptors (Lipinski definition) is 3. The van der Waals surface area contributed by atoms with Gasteiger partial charge in [0.25, 0.3) is 0 Å². The molecule has 3 amide bonds. The molecule has 1 aromatic carbocycles. The van der Waals surface area contributed by atoms with Gasteiger partial charge in [-0.3, -0.25) is 4.79 Å². The Kier molecular flexibility index (Phi) is 3.88. The molecule has 0 bridgehead atoms. The first kappa shape index (κ1) is 13.9. The van der Waals surface area contributed by atoms with Gasteiger partial charge < -0.3 is 20.6 Å². The lowest BCUT2D eigenvalue weighted by Gasteiger charge is -2.32. The fourth-order valence-corrected chi connectivity index (χ4v) is 1.99. The molecule has 7 heteroatoms. The maximum atomic E-state index is 12.1. The van der Waals surface area contributed by atoms with Crippen LogP contribution in [0.25, 0.3) is 0 Å². The third-order valence-corrected chi connectivity index (χ3v) is 3.12. The Balaban J connectivity index is 2.09. The Morgan fingerprint density at radius 2 is 2.20 bits per heavy atom. The number of carbonyl (C=O) groups is 3. The number of carbonyl (C=O) groups excluding carboxylic acids is 2. The minimum absolute atomic E-state index is 0.0900. The second kappa shape index (κ2) is 5.60. The summed E-state index contributed by atoms with van der Waals surface area (Å²) in [7, 11) is 0. The largest absolute Gasteiger partial charge is 0.478 e. The summed E-state index contributed by atoms with van der Waals surface area (Å²) in [4.78, 5) is 35.9. The summed E-state index contributed by atoms with van der Waals surface area (Å²) in [5.74, 6) is -1.27. The van der Waals surface area contributed by atoms with Gasteiger partial charge in [-0.1, -0.05) is 6.07 Å². The SMILES string of the molecule is CC1C(=O)NCCN1C(=O)Nc1cccc(C(=O)O)c1. The van der Waals surface area contributed by atoms with Gasteiger partial charge in [0.15, 0.2) is 0 Å². The van der Waals surface area contributed by atoms with E-state index in [0.29, 0.717) is 18.8 Å². The lowest BCUT2D eigenvalue weighted by molar-refractivity contribution is -0.126. The van der Waals surface area contributed by atoms with Gasteiger partial charge in [-0.25, -0.2) is 9.59 Å². The third kappa shape index (κ3) is 2.87. The molecule has 1 saturated heterocycles. The molecule has 0 radical (unpaired) electrons. The number of urea groups is 1. The molecule has 0 spiro atoms.